The van der Waals surface area contributed by atoms with E-state index in [1.54, 1.807) is 0 Å². The monoisotopic (exact) mass is 160 g/mol. The van der Waals surface area contributed by atoms with E-state index in [0.29, 0.717) is 5.11 Å². The molecule has 0 amide bonds. The molecular formula is C5H12N4S. The molecule has 4 N–H and O–H groups in total. The van der Waals surface area contributed by atoms with Gasteiger partial charge in [0.15, 0.2) is 5.11 Å². The summed E-state index contributed by atoms with van der Waals surface area (Å²) in [5.41, 5.74) is 5.33. The van der Waals surface area contributed by atoms with Crippen molar-refractivity contribution >= 4 is 17.3 Å². The number of hydrogen-bond acceptors (Lipinski definition) is 3. The quantitative estimate of drug-likeness (QED) is 0.270. The SMILES string of the molecule is NNC(=S)NN1CCCC1. The van der Waals surface area contributed by atoms with Crippen molar-refractivity contribution < 1.29 is 0 Å². The minimum absolute atomic E-state index is 0.488. The topological polar surface area (TPSA) is 53.3 Å². The fraction of sp³-hybridized carbons (Fsp3) is 0.800. The largest absolute Gasteiger partial charge is 0.300 e. The van der Waals surface area contributed by atoms with E-state index in [1.165, 1.54) is 12.8 Å². The van der Waals surface area contributed by atoms with Crippen LogP contribution in [0.2, 0.25) is 0 Å². The van der Waals surface area contributed by atoms with Crippen molar-refractivity contribution in [3.63, 3.8) is 0 Å². The zero-order chi connectivity index (χ0) is 7.40. The standard InChI is InChI=1S/C5H12N4S/c6-7-5(10)8-9-3-1-2-4-9/h1-4,6H2,(H2,7,8,10). The molecule has 0 radical (unpaired) electrons. The molecule has 58 valence electrons. The van der Waals surface area contributed by atoms with Gasteiger partial charge in [0.05, 0.1) is 0 Å². The third kappa shape index (κ3) is 2.09. The maximum Gasteiger partial charge on any atom is 0.195 e. The van der Waals surface area contributed by atoms with Gasteiger partial charge >= 0.3 is 0 Å². The molecule has 1 aliphatic heterocycles. The summed E-state index contributed by atoms with van der Waals surface area (Å²) in [4.78, 5) is 0. The predicted octanol–water partition coefficient (Wildman–Crippen LogP) is -0.665. The summed E-state index contributed by atoms with van der Waals surface area (Å²) in [5, 5.41) is 2.55. The van der Waals surface area contributed by atoms with E-state index in [0.717, 1.165) is 13.1 Å². The summed E-state index contributed by atoms with van der Waals surface area (Å²) < 4.78 is 0. The number of rotatable bonds is 1. The molecule has 0 aromatic rings. The number of hydrogen-bond donors (Lipinski definition) is 3. The fourth-order valence-electron chi connectivity index (χ4n) is 1.00. The molecule has 0 aromatic heterocycles. The van der Waals surface area contributed by atoms with E-state index < -0.39 is 0 Å². The molecule has 0 atom stereocenters. The van der Waals surface area contributed by atoms with E-state index >= 15 is 0 Å². The molecule has 1 saturated heterocycles. The van der Waals surface area contributed by atoms with Gasteiger partial charge in [0.2, 0.25) is 0 Å². The highest BCUT2D eigenvalue weighted by molar-refractivity contribution is 7.80. The minimum atomic E-state index is 0.488. The van der Waals surface area contributed by atoms with Gasteiger partial charge in [-0.15, -0.1) is 0 Å². The number of nitrogens with two attached hydrogens (primary N) is 1. The van der Waals surface area contributed by atoms with Gasteiger partial charge in [-0.1, -0.05) is 0 Å². The first kappa shape index (κ1) is 7.71. The second-order valence-corrected chi connectivity index (χ2v) is 2.69. The number of nitrogens with zero attached hydrogens (tertiary/aromatic N) is 1. The molecule has 0 unspecified atom stereocenters. The Hall–Kier alpha value is -0.390. The van der Waals surface area contributed by atoms with Crippen molar-refractivity contribution in [1.82, 2.24) is 15.9 Å². The molecule has 0 aromatic carbocycles. The van der Waals surface area contributed by atoms with E-state index in [2.05, 4.69) is 15.9 Å². The lowest BCUT2D eigenvalue weighted by Gasteiger charge is -2.16. The van der Waals surface area contributed by atoms with Crippen LogP contribution >= 0.6 is 12.2 Å². The Labute approximate surface area is 65.7 Å². The molecule has 10 heavy (non-hydrogen) atoms. The van der Waals surface area contributed by atoms with Crippen molar-refractivity contribution in [3.8, 4) is 0 Å². The van der Waals surface area contributed by atoms with Crippen molar-refractivity contribution in [2.45, 2.75) is 12.8 Å². The van der Waals surface area contributed by atoms with Crippen molar-refractivity contribution in [2.75, 3.05) is 13.1 Å². The Bertz CT molecular complexity index is 121. The Morgan fingerprint density at radius 2 is 2.00 bits per heavy atom. The van der Waals surface area contributed by atoms with E-state index in [-0.39, 0.29) is 0 Å². The summed E-state index contributed by atoms with van der Waals surface area (Å²) in [6, 6.07) is 0. The Morgan fingerprint density at radius 3 is 2.50 bits per heavy atom. The summed E-state index contributed by atoms with van der Waals surface area (Å²) in [5.74, 6) is 5.07. The van der Waals surface area contributed by atoms with Crippen LogP contribution in [0.4, 0.5) is 0 Å². The van der Waals surface area contributed by atoms with Crippen LogP contribution in [-0.4, -0.2) is 23.2 Å². The summed E-state index contributed by atoms with van der Waals surface area (Å²) in [6.45, 7) is 2.11. The smallest absolute Gasteiger partial charge is 0.195 e. The molecule has 1 fully saturated rings. The lowest BCUT2D eigenvalue weighted by molar-refractivity contribution is 0.294. The molecule has 1 rings (SSSR count). The molecule has 0 saturated carbocycles. The maximum atomic E-state index is 5.07. The molecule has 1 aliphatic rings. The third-order valence-corrected chi connectivity index (χ3v) is 1.71. The van der Waals surface area contributed by atoms with E-state index in [4.69, 9.17) is 18.1 Å². The van der Waals surface area contributed by atoms with Gasteiger partial charge in [-0.3, -0.25) is 10.9 Å². The average Bonchev–Trinajstić information content (AvgIpc) is 2.40. The molecule has 5 heteroatoms. The first-order valence-electron chi connectivity index (χ1n) is 3.35. The molecule has 0 bridgehead atoms. The second kappa shape index (κ2) is 3.70. The van der Waals surface area contributed by atoms with Crippen LogP contribution in [0.25, 0.3) is 0 Å². The highest BCUT2D eigenvalue weighted by Gasteiger charge is 2.10. The lowest BCUT2D eigenvalue weighted by Crippen LogP contribution is -2.47. The second-order valence-electron chi connectivity index (χ2n) is 2.28. The Balaban J connectivity index is 2.17. The van der Waals surface area contributed by atoms with E-state index in [1.807, 2.05) is 0 Å². The van der Waals surface area contributed by atoms with Gasteiger partial charge in [-0.25, -0.2) is 10.9 Å². The first-order chi connectivity index (χ1) is 4.83. The van der Waals surface area contributed by atoms with Crippen LogP contribution in [0.5, 0.6) is 0 Å². The fourth-order valence-corrected chi connectivity index (χ4v) is 1.13. The molecule has 0 spiro atoms. The molecular weight excluding hydrogens is 148 g/mol. The predicted molar refractivity (Wildman–Crippen MR) is 43.9 cm³/mol. The zero-order valence-electron chi connectivity index (χ0n) is 5.76. The number of hydrazine groups is 2. The van der Waals surface area contributed by atoms with Crippen LogP contribution in [0.1, 0.15) is 12.8 Å². The Morgan fingerprint density at radius 1 is 1.40 bits per heavy atom. The summed E-state index contributed by atoms with van der Waals surface area (Å²) in [6.07, 6.45) is 2.47. The molecule has 4 nitrogen and oxygen atoms in total. The van der Waals surface area contributed by atoms with Crippen LogP contribution in [0.15, 0.2) is 0 Å². The normalized spacial score (nSPS) is 18.9. The number of nitrogens with one attached hydrogen (secondary N) is 2. The highest BCUT2D eigenvalue weighted by Crippen LogP contribution is 2.02. The Kier molecular flexibility index (Phi) is 2.85. The zero-order valence-corrected chi connectivity index (χ0v) is 6.58. The van der Waals surface area contributed by atoms with Crippen molar-refractivity contribution in [2.24, 2.45) is 5.84 Å². The van der Waals surface area contributed by atoms with Gasteiger partial charge in [-0.05, 0) is 25.1 Å². The molecule has 1 heterocycles. The first-order valence-corrected chi connectivity index (χ1v) is 3.76. The van der Waals surface area contributed by atoms with Crippen LogP contribution < -0.4 is 16.7 Å². The van der Waals surface area contributed by atoms with Gasteiger partial charge in [0.1, 0.15) is 0 Å². The van der Waals surface area contributed by atoms with Crippen molar-refractivity contribution in [1.29, 1.82) is 0 Å². The molecule has 0 aliphatic carbocycles. The van der Waals surface area contributed by atoms with Gasteiger partial charge in [0.25, 0.3) is 0 Å². The van der Waals surface area contributed by atoms with Gasteiger partial charge in [0, 0.05) is 13.1 Å². The van der Waals surface area contributed by atoms with Crippen LogP contribution in [0.3, 0.4) is 0 Å². The summed E-state index contributed by atoms with van der Waals surface area (Å²) in [7, 11) is 0. The minimum Gasteiger partial charge on any atom is -0.300 e. The highest BCUT2D eigenvalue weighted by atomic mass is 32.1. The number of thiocarbonyl (C=S) groups is 1. The average molecular weight is 160 g/mol. The van der Waals surface area contributed by atoms with Crippen molar-refractivity contribution in [3.05, 3.63) is 0 Å². The van der Waals surface area contributed by atoms with Crippen LogP contribution in [-0.2, 0) is 0 Å². The van der Waals surface area contributed by atoms with Gasteiger partial charge in [-0.2, -0.15) is 0 Å². The maximum absolute atomic E-state index is 5.07. The van der Waals surface area contributed by atoms with Crippen LogP contribution in [0, 0.1) is 0 Å². The summed E-state index contributed by atoms with van der Waals surface area (Å²) >= 11 is 4.80. The third-order valence-electron chi connectivity index (χ3n) is 1.50. The van der Waals surface area contributed by atoms with E-state index in [9.17, 15) is 0 Å². The van der Waals surface area contributed by atoms with Gasteiger partial charge < -0.3 is 0 Å². The lowest BCUT2D eigenvalue weighted by atomic mass is 10.4.